The molecule has 24 heteroatoms. The minimum atomic E-state index is -1.35. The van der Waals surface area contributed by atoms with Crippen LogP contribution < -0.4 is 48.3 Å². The van der Waals surface area contributed by atoms with Crippen LogP contribution in [-0.2, 0) is 56.0 Å². The number of nitrogens with zero attached hydrogens (tertiary/aromatic N) is 2. The summed E-state index contributed by atoms with van der Waals surface area (Å²) in [6, 6.07) is -3.43. The number of nitrogens with one attached hydrogen (secondary N) is 10. The highest BCUT2D eigenvalue weighted by atomic mass is 32.1. The maximum atomic E-state index is 13.0. The molecule has 0 aromatic carbocycles. The average Bonchev–Trinajstić information content (AvgIpc) is 3.83. The molecule has 0 saturated carbocycles. The Kier molecular flexibility index (Phi) is 18.3. The lowest BCUT2D eigenvalue weighted by atomic mass is 10.1. The van der Waals surface area contributed by atoms with Crippen molar-refractivity contribution in [2.24, 2.45) is 5.73 Å². The van der Waals surface area contributed by atoms with E-state index >= 15 is 0 Å². The van der Waals surface area contributed by atoms with Gasteiger partial charge in [-0.2, -0.15) is 12.6 Å². The van der Waals surface area contributed by atoms with Crippen molar-refractivity contribution in [2.75, 3.05) is 45.0 Å². The van der Waals surface area contributed by atoms with Crippen LogP contribution in [0.3, 0.4) is 0 Å². The van der Waals surface area contributed by atoms with Crippen molar-refractivity contribution in [3.05, 3.63) is 36.4 Å². The van der Waals surface area contributed by atoms with Gasteiger partial charge in [-0.25, -0.2) is 14.8 Å². The van der Waals surface area contributed by atoms with Gasteiger partial charge in [0.15, 0.2) is 0 Å². The van der Waals surface area contributed by atoms with Gasteiger partial charge in [-0.15, -0.1) is 0 Å². The fourth-order valence-corrected chi connectivity index (χ4v) is 4.21. The first-order valence-electron chi connectivity index (χ1n) is 15.5. The Labute approximate surface area is 301 Å². The third kappa shape index (κ3) is 17.1. The molecule has 0 fully saturated rings. The normalized spacial score (nSPS) is 12.2. The number of carboxylic acids is 1. The van der Waals surface area contributed by atoms with Gasteiger partial charge in [0.2, 0.25) is 47.3 Å². The first kappa shape index (κ1) is 42.1. The van der Waals surface area contributed by atoms with Gasteiger partial charge < -0.3 is 63.3 Å². The van der Waals surface area contributed by atoms with Crippen LogP contribution in [-0.4, -0.2) is 141 Å². The monoisotopic (exact) mass is 751 g/mol. The summed E-state index contributed by atoms with van der Waals surface area (Å²) in [4.78, 5) is 122. The van der Waals surface area contributed by atoms with E-state index in [-0.39, 0.29) is 12.8 Å². The van der Waals surface area contributed by atoms with Gasteiger partial charge in [0.25, 0.3) is 0 Å². The number of amides is 8. The molecule has 2 aromatic rings. The summed E-state index contributed by atoms with van der Waals surface area (Å²) in [5, 5.41) is 27.8. The molecule has 8 amide bonds. The number of carbonyl (C=O) groups is 9. The number of nitrogens with two attached hydrogens (primary N) is 1. The largest absolute Gasteiger partial charge is 0.480 e. The van der Waals surface area contributed by atoms with Gasteiger partial charge in [-0.1, -0.05) is 0 Å². The van der Waals surface area contributed by atoms with E-state index in [9.17, 15) is 48.3 Å². The number of aliphatic carboxylic acids is 1. The molecule has 0 unspecified atom stereocenters. The van der Waals surface area contributed by atoms with Crippen molar-refractivity contribution in [1.82, 2.24) is 62.5 Å². The summed E-state index contributed by atoms with van der Waals surface area (Å²) in [5.74, 6) is -6.82. The molecule has 2 heterocycles. The number of hydrogen-bond donors (Lipinski definition) is 13. The maximum absolute atomic E-state index is 13.0. The lowest BCUT2D eigenvalue weighted by molar-refractivity contribution is -0.142. The van der Waals surface area contributed by atoms with E-state index in [0.29, 0.717) is 23.6 Å². The summed E-state index contributed by atoms with van der Waals surface area (Å²) in [5.41, 5.74) is 6.50. The molecule has 0 aliphatic carbocycles. The average molecular weight is 752 g/mol. The van der Waals surface area contributed by atoms with Crippen molar-refractivity contribution in [1.29, 1.82) is 0 Å². The highest BCUT2D eigenvalue weighted by Crippen LogP contribution is 2.03. The number of imidazole rings is 2. The molecule has 23 nitrogen and oxygen atoms in total. The van der Waals surface area contributed by atoms with Crippen LogP contribution in [0, 0.1) is 0 Å². The topological polar surface area (TPSA) is 353 Å². The van der Waals surface area contributed by atoms with Crippen LogP contribution in [0.2, 0.25) is 0 Å². The zero-order valence-electron chi connectivity index (χ0n) is 27.7. The van der Waals surface area contributed by atoms with Crippen LogP contribution in [0.1, 0.15) is 17.8 Å². The molecule has 0 bridgehead atoms. The minimum absolute atomic E-state index is 0.0851. The van der Waals surface area contributed by atoms with Gasteiger partial charge >= 0.3 is 5.97 Å². The first-order chi connectivity index (χ1) is 24.8. The Morgan fingerprint density at radius 1 is 0.615 bits per heavy atom. The van der Waals surface area contributed by atoms with Crippen molar-refractivity contribution < 1.29 is 48.3 Å². The van der Waals surface area contributed by atoms with Crippen LogP contribution >= 0.6 is 12.6 Å². The predicted octanol–water partition coefficient (Wildman–Crippen LogP) is -6.68. The van der Waals surface area contributed by atoms with E-state index in [1.54, 1.807) is 0 Å². The number of aromatic nitrogens is 4. The number of aromatic amines is 2. The fourth-order valence-electron chi connectivity index (χ4n) is 3.93. The molecule has 13 N–H and O–H groups in total. The van der Waals surface area contributed by atoms with E-state index in [1.807, 2.05) is 0 Å². The van der Waals surface area contributed by atoms with E-state index in [1.165, 1.54) is 25.0 Å². The summed E-state index contributed by atoms with van der Waals surface area (Å²) in [6.45, 7) is -3.18. The Balaban J connectivity index is 1.68. The number of carboxylic acid groups (broad SMARTS) is 1. The molecule has 3 atom stereocenters. The lowest BCUT2D eigenvalue weighted by Gasteiger charge is -2.21. The third-order valence-electron chi connectivity index (χ3n) is 6.65. The molecule has 0 saturated heterocycles. The summed E-state index contributed by atoms with van der Waals surface area (Å²) < 4.78 is 0. The standard InChI is InChI=1S/C28H41N13O10S/c29-17(1-2-52)26(48)37-11-24(46)35-9-22(44)33-7-20(42)32-8-21(43)34-10-23(45)36-12-25(47)40-18(3-15-5-30-13-38-15)27(49)41-19(28(50)51)4-16-6-31-14-39-16/h5-6,13-14,17-19,52H,1-4,7-12,29H2,(H,30,38)(H,31,39)(H,32,42)(H,33,44)(H,34,43)(H,35,46)(H,36,45)(H,37,48)(H,40,47)(H,41,49)(H,50,51)/t17-,18-,19-/m0/s1. The molecule has 0 spiro atoms. The third-order valence-corrected chi connectivity index (χ3v) is 6.91. The molecule has 52 heavy (non-hydrogen) atoms. The Hall–Kier alpha value is -6.04. The second-order valence-electron chi connectivity index (χ2n) is 10.8. The Bertz CT molecular complexity index is 1540. The quantitative estimate of drug-likeness (QED) is 0.0470. The van der Waals surface area contributed by atoms with Crippen LogP contribution in [0.4, 0.5) is 0 Å². The van der Waals surface area contributed by atoms with Gasteiger partial charge in [0.1, 0.15) is 12.1 Å². The minimum Gasteiger partial charge on any atom is -0.480 e. The van der Waals surface area contributed by atoms with Crippen LogP contribution in [0.5, 0.6) is 0 Å². The second-order valence-corrected chi connectivity index (χ2v) is 11.2. The van der Waals surface area contributed by atoms with Gasteiger partial charge in [-0.05, 0) is 12.2 Å². The highest BCUT2D eigenvalue weighted by molar-refractivity contribution is 7.80. The molecule has 284 valence electrons. The number of carbonyl (C=O) groups excluding carboxylic acids is 8. The SMILES string of the molecule is N[C@@H](CCS)C(=O)NCC(=O)NCC(=O)NCC(=O)NCC(=O)NCC(=O)NCC(=O)N[C@@H](Cc1cnc[nH]1)C(=O)N[C@@H](Cc1cnc[nH]1)C(=O)O. The summed E-state index contributed by atoms with van der Waals surface area (Å²) in [6.07, 6.45) is 5.64. The fraction of sp³-hybridized carbons (Fsp3) is 0.464. The predicted molar refractivity (Wildman–Crippen MR) is 181 cm³/mol. The maximum Gasteiger partial charge on any atom is 0.326 e. The van der Waals surface area contributed by atoms with Crippen LogP contribution in [0.15, 0.2) is 25.0 Å². The number of rotatable bonds is 23. The number of H-pyrrole nitrogens is 2. The lowest BCUT2D eigenvalue weighted by Crippen LogP contribution is -2.54. The van der Waals surface area contributed by atoms with Crippen molar-refractivity contribution in [3.63, 3.8) is 0 Å². The molecule has 0 radical (unpaired) electrons. The van der Waals surface area contributed by atoms with Gasteiger partial charge in [0, 0.05) is 36.6 Å². The smallest absolute Gasteiger partial charge is 0.326 e. The molecular formula is C28H41N13O10S. The number of thiol groups is 1. The van der Waals surface area contributed by atoms with Gasteiger partial charge in [-0.3, -0.25) is 38.4 Å². The van der Waals surface area contributed by atoms with E-state index in [0.717, 1.165) is 0 Å². The second kappa shape index (κ2) is 22.6. The zero-order chi connectivity index (χ0) is 38.5. The van der Waals surface area contributed by atoms with Gasteiger partial charge in [0.05, 0.1) is 58.0 Å². The molecular weight excluding hydrogens is 710 g/mol. The molecule has 0 aliphatic heterocycles. The van der Waals surface area contributed by atoms with Crippen molar-refractivity contribution in [3.8, 4) is 0 Å². The van der Waals surface area contributed by atoms with E-state index in [4.69, 9.17) is 5.73 Å². The van der Waals surface area contributed by atoms with E-state index in [2.05, 4.69) is 75.1 Å². The zero-order valence-corrected chi connectivity index (χ0v) is 28.5. The van der Waals surface area contributed by atoms with Crippen molar-refractivity contribution in [2.45, 2.75) is 37.4 Å². The summed E-state index contributed by atoms with van der Waals surface area (Å²) in [7, 11) is 0. The first-order valence-corrected chi connectivity index (χ1v) is 16.1. The molecule has 0 aliphatic rings. The Morgan fingerprint density at radius 3 is 1.40 bits per heavy atom. The van der Waals surface area contributed by atoms with Crippen LogP contribution in [0.25, 0.3) is 0 Å². The Morgan fingerprint density at radius 2 is 1.02 bits per heavy atom. The van der Waals surface area contributed by atoms with Crippen molar-refractivity contribution >= 4 is 65.9 Å². The number of hydrogen-bond acceptors (Lipinski definition) is 13. The van der Waals surface area contributed by atoms with E-state index < -0.39 is 111 Å². The molecule has 2 aromatic heterocycles. The molecule has 2 rings (SSSR count). The summed E-state index contributed by atoms with van der Waals surface area (Å²) >= 11 is 3.96. The highest BCUT2D eigenvalue weighted by Gasteiger charge is 2.28.